The highest BCUT2D eigenvalue weighted by Crippen LogP contribution is 2.57. The van der Waals surface area contributed by atoms with Crippen LogP contribution in [0.5, 0.6) is 0 Å². The number of benzene rings is 19. The molecule has 0 N–H and O–H groups in total. The molecule has 2 heterocycles. The summed E-state index contributed by atoms with van der Waals surface area (Å²) in [5.41, 5.74) is 31.6. The highest BCUT2D eigenvalue weighted by molar-refractivity contribution is 6.25. The third kappa shape index (κ3) is 9.62. The van der Waals surface area contributed by atoms with Gasteiger partial charge in [0.1, 0.15) is 22.3 Å². The van der Waals surface area contributed by atoms with Gasteiger partial charge in [0.05, 0.1) is 0 Å². The van der Waals surface area contributed by atoms with Crippen LogP contribution in [0.2, 0.25) is 0 Å². The Kier molecular flexibility index (Phi) is 14.1. The van der Waals surface area contributed by atoms with Crippen molar-refractivity contribution in [2.45, 2.75) is 38.5 Å². The van der Waals surface area contributed by atoms with E-state index in [0.717, 1.165) is 60.6 Å². The lowest BCUT2D eigenvalue weighted by Gasteiger charge is -2.25. The molecule has 0 saturated heterocycles. The molecule has 2 aromatic heterocycles. The molecule has 2 aliphatic carbocycles. The monoisotopic (exact) mass is 1400 g/mol. The van der Waals surface area contributed by atoms with Crippen LogP contribution >= 0.6 is 0 Å². The zero-order chi connectivity index (χ0) is 73.1. The molecule has 0 amide bonds. The van der Waals surface area contributed by atoms with E-state index in [2.05, 4.69) is 380 Å². The van der Waals surface area contributed by atoms with Crippen LogP contribution < -0.4 is 0 Å². The maximum absolute atomic E-state index is 6.59. The Morgan fingerprint density at radius 3 is 0.900 bits per heavy atom. The summed E-state index contributed by atoms with van der Waals surface area (Å²) in [4.78, 5) is 0. The average Bonchev–Trinajstić information content (AvgIpc) is 1.44. The van der Waals surface area contributed by atoms with Gasteiger partial charge in [0.25, 0.3) is 0 Å². The first-order valence-electron chi connectivity index (χ1n) is 38.4. The van der Waals surface area contributed by atoms with E-state index in [1.54, 1.807) is 0 Å². The minimum absolute atomic E-state index is 0.116. The van der Waals surface area contributed by atoms with Crippen LogP contribution in [-0.2, 0) is 10.8 Å². The standard InChI is InChI=1S/C57H38O.C51H34O/c1-57(2)51-34-38-15-4-3-14-37(38)33-50(51)48-25-12-23-41(55(48)57)35-28-30-36(31-29-35)53-44-19-5-7-21-46(44)54(47-22-8-6-20-45(47)53)40-17-11-16-39(32-40)42-24-13-26-49-43-18-9-10-27-52(43)58-56(42)49;1-51(2)45-30-34-14-4-3-13-33(34)29-44(45)41-21-11-20-35(49(41)51)31-25-27-32(28-26-31)47-37-16-5-7-18-39(37)48(40-19-8-6-17-38(40)47)43-23-12-22-42-36-15-9-10-24-46(36)52-50(42)43/h3-34H,1-2H3;3-30H,1-2H3. The molecule has 2 heteroatoms. The normalized spacial score (nSPS) is 13.2. The molecule has 0 unspecified atom stereocenters. The summed E-state index contributed by atoms with van der Waals surface area (Å²) in [6, 6.07) is 134. The van der Waals surface area contributed by atoms with Gasteiger partial charge in [-0.2, -0.15) is 0 Å². The van der Waals surface area contributed by atoms with Gasteiger partial charge in [0.2, 0.25) is 0 Å². The zero-order valence-electron chi connectivity index (χ0n) is 61.5. The Labute approximate surface area is 638 Å². The molecular weight excluding hydrogens is 1330 g/mol. The van der Waals surface area contributed by atoms with Crippen LogP contribution in [-0.4, -0.2) is 0 Å². The lowest BCUT2D eigenvalue weighted by atomic mass is 9.78. The Bertz CT molecular complexity index is 7330. The third-order valence-electron chi connectivity index (χ3n) is 24.4. The van der Waals surface area contributed by atoms with Crippen molar-refractivity contribution in [3.05, 3.63) is 386 Å². The highest BCUT2D eigenvalue weighted by atomic mass is 16.3. The van der Waals surface area contributed by atoms with Crippen LogP contribution in [0.4, 0.5) is 0 Å². The second-order valence-electron chi connectivity index (χ2n) is 31.2. The molecule has 110 heavy (non-hydrogen) atoms. The van der Waals surface area contributed by atoms with Crippen molar-refractivity contribution in [2.24, 2.45) is 0 Å². The molecule has 0 spiro atoms. The van der Waals surface area contributed by atoms with E-state index in [1.807, 2.05) is 12.1 Å². The molecule has 0 atom stereocenters. The highest BCUT2D eigenvalue weighted by Gasteiger charge is 2.40. The van der Waals surface area contributed by atoms with E-state index in [9.17, 15) is 0 Å². The Hall–Kier alpha value is -13.7. The van der Waals surface area contributed by atoms with E-state index in [0.29, 0.717) is 0 Å². The average molecular weight is 1400 g/mol. The summed E-state index contributed by atoms with van der Waals surface area (Å²) < 4.78 is 13.1. The first-order valence-corrected chi connectivity index (χ1v) is 38.4. The van der Waals surface area contributed by atoms with Crippen LogP contribution in [0.1, 0.15) is 49.9 Å². The minimum Gasteiger partial charge on any atom is -0.455 e. The lowest BCUT2D eigenvalue weighted by Crippen LogP contribution is -2.16. The molecule has 23 rings (SSSR count). The fourth-order valence-corrected chi connectivity index (χ4v) is 19.5. The van der Waals surface area contributed by atoms with Crippen molar-refractivity contribution in [3.8, 4) is 100 Å². The third-order valence-corrected chi connectivity index (χ3v) is 24.4. The van der Waals surface area contributed by atoms with Crippen molar-refractivity contribution in [1.29, 1.82) is 0 Å². The molecule has 0 aliphatic heterocycles. The molecule has 2 aliphatic rings. The largest absolute Gasteiger partial charge is 0.455 e. The van der Waals surface area contributed by atoms with Crippen LogP contribution in [0.15, 0.2) is 373 Å². The van der Waals surface area contributed by atoms with E-state index < -0.39 is 0 Å². The number of fused-ring (bicyclic) bond motifs is 18. The second kappa shape index (κ2) is 24.4. The smallest absolute Gasteiger partial charge is 0.143 e. The molecule has 19 aromatic carbocycles. The van der Waals surface area contributed by atoms with Crippen molar-refractivity contribution < 1.29 is 8.83 Å². The molecule has 0 bridgehead atoms. The van der Waals surface area contributed by atoms with Crippen molar-refractivity contribution in [2.75, 3.05) is 0 Å². The van der Waals surface area contributed by atoms with Gasteiger partial charge in [-0.15, -0.1) is 0 Å². The Balaban J connectivity index is 0.000000136. The molecule has 21 aromatic rings. The van der Waals surface area contributed by atoms with Gasteiger partial charge in [0, 0.05) is 49.1 Å². The predicted molar refractivity (Wildman–Crippen MR) is 466 cm³/mol. The molecule has 516 valence electrons. The van der Waals surface area contributed by atoms with E-state index in [1.165, 1.54) is 170 Å². The molecule has 0 radical (unpaired) electrons. The van der Waals surface area contributed by atoms with Gasteiger partial charge >= 0.3 is 0 Å². The van der Waals surface area contributed by atoms with Crippen molar-refractivity contribution >= 4 is 109 Å². The fraction of sp³-hybridized carbons (Fsp3) is 0.0556. The number of para-hydroxylation sites is 4. The lowest BCUT2D eigenvalue weighted by molar-refractivity contribution is 0.663. The minimum atomic E-state index is -0.123. The van der Waals surface area contributed by atoms with E-state index >= 15 is 0 Å². The molecule has 0 fully saturated rings. The summed E-state index contributed by atoms with van der Waals surface area (Å²) in [6.45, 7) is 9.55. The van der Waals surface area contributed by atoms with E-state index in [-0.39, 0.29) is 10.8 Å². The van der Waals surface area contributed by atoms with Crippen LogP contribution in [0.25, 0.3) is 209 Å². The topological polar surface area (TPSA) is 26.3 Å². The van der Waals surface area contributed by atoms with Gasteiger partial charge in [-0.1, -0.05) is 349 Å². The Morgan fingerprint density at radius 2 is 0.473 bits per heavy atom. The zero-order valence-corrected chi connectivity index (χ0v) is 61.5. The summed E-state index contributed by atoms with van der Waals surface area (Å²) in [5, 5.41) is 19.7. The molecule has 0 saturated carbocycles. The van der Waals surface area contributed by atoms with Gasteiger partial charge in [-0.25, -0.2) is 0 Å². The maximum atomic E-state index is 6.59. The number of rotatable bonds is 7. The summed E-state index contributed by atoms with van der Waals surface area (Å²) in [7, 11) is 0. The number of furan rings is 2. The number of hydrogen-bond acceptors (Lipinski definition) is 2. The molecular formula is C108H72O2. The van der Waals surface area contributed by atoms with Gasteiger partial charge in [-0.05, 0) is 213 Å². The van der Waals surface area contributed by atoms with Gasteiger partial charge in [0.15, 0.2) is 0 Å². The first-order chi connectivity index (χ1) is 54.1. The predicted octanol–water partition coefficient (Wildman–Crippen LogP) is 30.4. The van der Waals surface area contributed by atoms with Crippen LogP contribution in [0, 0.1) is 0 Å². The first kappa shape index (κ1) is 63.6. The number of hydrogen-bond donors (Lipinski definition) is 0. The van der Waals surface area contributed by atoms with Crippen molar-refractivity contribution in [3.63, 3.8) is 0 Å². The summed E-state index contributed by atoms with van der Waals surface area (Å²) in [6.07, 6.45) is 0. The summed E-state index contributed by atoms with van der Waals surface area (Å²) >= 11 is 0. The maximum Gasteiger partial charge on any atom is 0.143 e. The second-order valence-corrected chi connectivity index (χ2v) is 31.2. The van der Waals surface area contributed by atoms with Gasteiger partial charge in [-0.3, -0.25) is 0 Å². The molecule has 2 nitrogen and oxygen atoms in total. The van der Waals surface area contributed by atoms with Gasteiger partial charge < -0.3 is 8.83 Å². The fourth-order valence-electron chi connectivity index (χ4n) is 19.5. The SMILES string of the molecule is CC1(C)c2cc3ccccc3cc2-c2cccc(-c3ccc(-c4c5ccccc5c(-c5cccc(-c6cccc7c6oc6ccccc67)c5)c5ccccc45)cc3)c21.CC1(C)c2cc3ccccc3cc2-c2cccc(-c3ccc(-c4c5ccccc5c(-c5cccc6c5oc5ccccc56)c5ccccc45)cc3)c21. The quantitative estimate of drug-likeness (QED) is 0.149. The summed E-state index contributed by atoms with van der Waals surface area (Å²) in [5.74, 6) is 0. The van der Waals surface area contributed by atoms with E-state index in [4.69, 9.17) is 8.83 Å². The Morgan fingerprint density at radius 1 is 0.182 bits per heavy atom. The van der Waals surface area contributed by atoms with Crippen molar-refractivity contribution in [1.82, 2.24) is 0 Å². The van der Waals surface area contributed by atoms with Crippen LogP contribution in [0.3, 0.4) is 0 Å².